The summed E-state index contributed by atoms with van der Waals surface area (Å²) in [6, 6.07) is 11.7. The summed E-state index contributed by atoms with van der Waals surface area (Å²) in [5.74, 6) is -0.0882. The van der Waals surface area contributed by atoms with Gasteiger partial charge in [-0.15, -0.1) is 0 Å². The quantitative estimate of drug-likeness (QED) is 0.771. The number of carbonyl (C=O) groups is 1. The number of hydrogen-bond donors (Lipinski definition) is 2. The van der Waals surface area contributed by atoms with Gasteiger partial charge in [-0.2, -0.15) is 5.10 Å². The number of aromatic amines is 1. The van der Waals surface area contributed by atoms with Gasteiger partial charge in [0.25, 0.3) is 5.91 Å². The molecule has 0 saturated carbocycles. The highest BCUT2D eigenvalue weighted by molar-refractivity contribution is 6.01. The van der Waals surface area contributed by atoms with Crippen LogP contribution < -0.4 is 0 Å². The Kier molecular flexibility index (Phi) is 3.92. The molecule has 3 aromatic rings. The van der Waals surface area contributed by atoms with Crippen LogP contribution in [0.15, 0.2) is 36.4 Å². The first-order chi connectivity index (χ1) is 12.1. The standard InChI is InChI=1S/C20H21N3O2/c1-13-5-4-6-14(9-13)10-17-15-11-16(19(24)12-18(15)22-21-17)20(25)23-7-2-3-8-23/h4-6,9,11-12,24H,2-3,7-8,10H2,1H3,(H,21,22). The van der Waals surface area contributed by atoms with Crippen molar-refractivity contribution in [1.82, 2.24) is 15.1 Å². The van der Waals surface area contributed by atoms with E-state index in [1.165, 1.54) is 11.1 Å². The van der Waals surface area contributed by atoms with E-state index in [0.29, 0.717) is 12.0 Å². The molecule has 0 aliphatic carbocycles. The molecule has 1 aliphatic rings. The van der Waals surface area contributed by atoms with E-state index in [2.05, 4.69) is 35.3 Å². The van der Waals surface area contributed by atoms with Gasteiger partial charge in [0.15, 0.2) is 0 Å². The molecule has 5 heteroatoms. The van der Waals surface area contributed by atoms with Gasteiger partial charge in [0.1, 0.15) is 5.75 Å². The molecule has 25 heavy (non-hydrogen) atoms. The van der Waals surface area contributed by atoms with Crippen molar-refractivity contribution < 1.29 is 9.90 Å². The average Bonchev–Trinajstić information content (AvgIpc) is 3.24. The van der Waals surface area contributed by atoms with Gasteiger partial charge in [0.05, 0.1) is 16.8 Å². The van der Waals surface area contributed by atoms with Crippen molar-refractivity contribution in [1.29, 1.82) is 0 Å². The summed E-state index contributed by atoms with van der Waals surface area (Å²) in [5.41, 5.74) is 4.38. The minimum atomic E-state index is -0.0976. The topological polar surface area (TPSA) is 69.2 Å². The molecule has 2 N–H and O–H groups in total. The first-order valence-electron chi connectivity index (χ1n) is 8.66. The van der Waals surface area contributed by atoms with Crippen molar-refractivity contribution >= 4 is 16.8 Å². The van der Waals surface area contributed by atoms with E-state index in [4.69, 9.17) is 0 Å². The Morgan fingerprint density at radius 1 is 1.24 bits per heavy atom. The summed E-state index contributed by atoms with van der Waals surface area (Å²) >= 11 is 0. The van der Waals surface area contributed by atoms with Crippen LogP contribution in [0, 0.1) is 6.92 Å². The summed E-state index contributed by atoms with van der Waals surface area (Å²) in [5, 5.41) is 18.5. The molecule has 4 rings (SSSR count). The molecule has 1 saturated heterocycles. The minimum absolute atomic E-state index is 0.00940. The number of phenolic OH excluding ortho intramolecular Hbond substituents is 1. The van der Waals surface area contributed by atoms with Gasteiger partial charge in [0.2, 0.25) is 0 Å². The zero-order valence-corrected chi connectivity index (χ0v) is 14.2. The number of benzene rings is 2. The molecule has 128 valence electrons. The third-order valence-corrected chi connectivity index (χ3v) is 4.84. The number of aromatic nitrogens is 2. The van der Waals surface area contributed by atoms with Crippen LogP contribution >= 0.6 is 0 Å². The zero-order chi connectivity index (χ0) is 17.4. The molecule has 0 radical (unpaired) electrons. The molecule has 0 bridgehead atoms. The molecule has 0 unspecified atom stereocenters. The second kappa shape index (κ2) is 6.24. The lowest BCUT2D eigenvalue weighted by Gasteiger charge is -2.16. The molecular weight excluding hydrogens is 314 g/mol. The number of carbonyl (C=O) groups excluding carboxylic acids is 1. The smallest absolute Gasteiger partial charge is 0.257 e. The lowest BCUT2D eigenvalue weighted by molar-refractivity contribution is 0.0790. The van der Waals surface area contributed by atoms with Crippen LogP contribution in [0.4, 0.5) is 0 Å². The fraction of sp³-hybridized carbons (Fsp3) is 0.300. The number of fused-ring (bicyclic) bond motifs is 1. The van der Waals surface area contributed by atoms with Gasteiger partial charge in [-0.3, -0.25) is 9.89 Å². The van der Waals surface area contributed by atoms with Crippen molar-refractivity contribution in [3.63, 3.8) is 0 Å². The highest BCUT2D eigenvalue weighted by Gasteiger charge is 2.23. The Labute approximate surface area is 146 Å². The second-order valence-corrected chi connectivity index (χ2v) is 6.75. The number of hydrogen-bond acceptors (Lipinski definition) is 3. The fourth-order valence-electron chi connectivity index (χ4n) is 3.52. The van der Waals surface area contributed by atoms with E-state index >= 15 is 0 Å². The summed E-state index contributed by atoms with van der Waals surface area (Å²) in [7, 11) is 0. The van der Waals surface area contributed by atoms with E-state index < -0.39 is 0 Å². The lowest BCUT2D eigenvalue weighted by atomic mass is 10.0. The Hall–Kier alpha value is -2.82. The Morgan fingerprint density at radius 3 is 2.80 bits per heavy atom. The van der Waals surface area contributed by atoms with Crippen molar-refractivity contribution in [3.8, 4) is 5.75 Å². The van der Waals surface area contributed by atoms with Crippen molar-refractivity contribution in [2.45, 2.75) is 26.2 Å². The highest BCUT2D eigenvalue weighted by Crippen LogP contribution is 2.29. The lowest BCUT2D eigenvalue weighted by Crippen LogP contribution is -2.27. The fourth-order valence-corrected chi connectivity index (χ4v) is 3.52. The van der Waals surface area contributed by atoms with Crippen molar-refractivity contribution in [2.24, 2.45) is 0 Å². The summed E-state index contributed by atoms with van der Waals surface area (Å²) < 4.78 is 0. The SMILES string of the molecule is Cc1cccc(Cc2n[nH]c3cc(O)c(C(=O)N4CCCC4)cc23)c1. The van der Waals surface area contributed by atoms with Gasteiger partial charge in [0, 0.05) is 31.0 Å². The van der Waals surface area contributed by atoms with Crippen LogP contribution in [0.2, 0.25) is 0 Å². The number of aromatic hydroxyl groups is 1. The number of amides is 1. The first kappa shape index (κ1) is 15.7. The Bertz CT molecular complexity index is 939. The summed E-state index contributed by atoms with van der Waals surface area (Å²) in [6.07, 6.45) is 2.74. The molecular formula is C20H21N3O2. The number of nitrogens with one attached hydrogen (secondary N) is 1. The van der Waals surface area contributed by atoms with E-state index in [1.807, 2.05) is 6.07 Å². The molecule has 0 spiro atoms. The maximum Gasteiger partial charge on any atom is 0.257 e. The number of H-pyrrole nitrogens is 1. The normalized spacial score (nSPS) is 14.4. The van der Waals surface area contributed by atoms with Crippen LogP contribution in [-0.2, 0) is 6.42 Å². The van der Waals surface area contributed by atoms with Gasteiger partial charge < -0.3 is 10.0 Å². The van der Waals surface area contributed by atoms with Gasteiger partial charge in [-0.25, -0.2) is 0 Å². The Morgan fingerprint density at radius 2 is 2.04 bits per heavy atom. The van der Waals surface area contributed by atoms with E-state index in [1.54, 1.807) is 17.0 Å². The highest BCUT2D eigenvalue weighted by atomic mass is 16.3. The van der Waals surface area contributed by atoms with Crippen LogP contribution in [0.3, 0.4) is 0 Å². The van der Waals surface area contributed by atoms with E-state index in [9.17, 15) is 9.90 Å². The van der Waals surface area contributed by atoms with Gasteiger partial charge in [-0.1, -0.05) is 29.8 Å². The number of rotatable bonds is 3. The molecule has 2 aromatic carbocycles. The molecule has 5 nitrogen and oxygen atoms in total. The van der Waals surface area contributed by atoms with Crippen molar-refractivity contribution in [2.75, 3.05) is 13.1 Å². The first-order valence-corrected chi connectivity index (χ1v) is 8.66. The largest absolute Gasteiger partial charge is 0.507 e. The van der Waals surface area contributed by atoms with Crippen LogP contribution in [0.25, 0.3) is 10.9 Å². The van der Waals surface area contributed by atoms with Gasteiger partial charge >= 0.3 is 0 Å². The zero-order valence-electron chi connectivity index (χ0n) is 14.2. The van der Waals surface area contributed by atoms with Crippen LogP contribution in [0.5, 0.6) is 5.75 Å². The molecule has 1 amide bonds. The number of likely N-dealkylation sites (tertiary alicyclic amines) is 1. The predicted molar refractivity (Wildman–Crippen MR) is 96.9 cm³/mol. The van der Waals surface area contributed by atoms with Gasteiger partial charge in [-0.05, 0) is 31.4 Å². The van der Waals surface area contributed by atoms with Crippen LogP contribution in [-0.4, -0.2) is 39.2 Å². The molecule has 2 heterocycles. The maximum atomic E-state index is 12.7. The number of aryl methyl sites for hydroxylation is 1. The second-order valence-electron chi connectivity index (χ2n) is 6.75. The summed E-state index contributed by atoms with van der Waals surface area (Å²) in [4.78, 5) is 14.5. The van der Waals surface area contributed by atoms with Crippen molar-refractivity contribution in [3.05, 3.63) is 58.8 Å². The maximum absolute atomic E-state index is 12.7. The third kappa shape index (κ3) is 2.97. The van der Waals surface area contributed by atoms with Crippen LogP contribution in [0.1, 0.15) is 40.0 Å². The predicted octanol–water partition coefficient (Wildman–Crippen LogP) is 3.40. The summed E-state index contributed by atoms with van der Waals surface area (Å²) in [6.45, 7) is 3.59. The van der Waals surface area contributed by atoms with E-state index in [0.717, 1.165) is 42.5 Å². The molecule has 1 fully saturated rings. The molecule has 0 atom stereocenters. The number of phenols is 1. The monoisotopic (exact) mass is 335 g/mol. The average molecular weight is 335 g/mol. The number of nitrogens with zero attached hydrogens (tertiary/aromatic N) is 2. The minimum Gasteiger partial charge on any atom is -0.507 e. The third-order valence-electron chi connectivity index (χ3n) is 4.84. The molecule has 1 aliphatic heterocycles. The molecule has 1 aromatic heterocycles. The van der Waals surface area contributed by atoms with E-state index in [-0.39, 0.29) is 11.7 Å². The Balaban J connectivity index is 1.72.